The summed E-state index contributed by atoms with van der Waals surface area (Å²) in [6.45, 7) is 2.96. The maximum Gasteiger partial charge on any atom is 0.255 e. The monoisotopic (exact) mass is 384 g/mol. The summed E-state index contributed by atoms with van der Waals surface area (Å²) >= 11 is 1.39. The van der Waals surface area contributed by atoms with E-state index < -0.39 is 0 Å². The van der Waals surface area contributed by atoms with Crippen molar-refractivity contribution >= 4 is 29.1 Å². The van der Waals surface area contributed by atoms with E-state index in [1.54, 1.807) is 17.7 Å². The smallest absolute Gasteiger partial charge is 0.255 e. The average Bonchev–Trinajstić information content (AvgIpc) is 3.15. The van der Waals surface area contributed by atoms with Gasteiger partial charge in [-0.2, -0.15) is 0 Å². The maximum absolute atomic E-state index is 12.6. The number of hydrogen-bond donors (Lipinski definition) is 0. The van der Waals surface area contributed by atoms with Crippen molar-refractivity contribution in [3.05, 3.63) is 42.7 Å². The van der Waals surface area contributed by atoms with Crippen LogP contribution in [-0.4, -0.2) is 69.4 Å². The minimum atomic E-state index is 0.111. The van der Waals surface area contributed by atoms with E-state index in [4.69, 9.17) is 4.74 Å². The molecule has 27 heavy (non-hydrogen) atoms. The molecule has 0 atom stereocenters. The highest BCUT2D eigenvalue weighted by atomic mass is 32.2. The van der Waals surface area contributed by atoms with Crippen molar-refractivity contribution in [3.63, 3.8) is 0 Å². The average molecular weight is 384 g/mol. The first-order chi connectivity index (χ1) is 13.3. The molecule has 1 aliphatic rings. The number of thioether (sulfide) groups is 1. The number of ether oxygens (including phenoxy) is 1. The summed E-state index contributed by atoms with van der Waals surface area (Å²) in [5, 5.41) is 8.79. The summed E-state index contributed by atoms with van der Waals surface area (Å²) in [6.07, 6.45) is 3.52. The molecule has 3 aromatic rings. The number of fused-ring (bicyclic) bond motifs is 1. The zero-order valence-corrected chi connectivity index (χ0v) is 15.8. The molecule has 3 heterocycles. The van der Waals surface area contributed by atoms with Crippen LogP contribution >= 0.6 is 11.8 Å². The predicted octanol–water partition coefficient (Wildman–Crippen LogP) is 1.57. The molecular weight excluding hydrogens is 364 g/mol. The van der Waals surface area contributed by atoms with Gasteiger partial charge < -0.3 is 14.5 Å². The van der Waals surface area contributed by atoms with E-state index in [0.717, 1.165) is 24.5 Å². The van der Waals surface area contributed by atoms with Crippen LogP contribution in [-0.2, 0) is 4.79 Å². The molecule has 4 rings (SSSR count). The Labute approximate surface area is 161 Å². The van der Waals surface area contributed by atoms with Gasteiger partial charge in [0.1, 0.15) is 5.75 Å². The highest BCUT2D eigenvalue weighted by molar-refractivity contribution is 7.99. The van der Waals surface area contributed by atoms with Gasteiger partial charge in [0.05, 0.1) is 18.6 Å². The Morgan fingerprint density at radius 2 is 1.96 bits per heavy atom. The topological polar surface area (TPSA) is 75.9 Å². The lowest BCUT2D eigenvalue weighted by Gasteiger charge is -2.36. The number of amides is 1. The largest absolute Gasteiger partial charge is 0.495 e. The molecule has 0 saturated carbocycles. The number of carbonyl (C=O) groups is 1. The predicted molar refractivity (Wildman–Crippen MR) is 103 cm³/mol. The van der Waals surface area contributed by atoms with Crippen LogP contribution in [0, 0.1) is 0 Å². The van der Waals surface area contributed by atoms with Crippen molar-refractivity contribution in [1.29, 1.82) is 0 Å². The first-order valence-electron chi connectivity index (χ1n) is 8.70. The van der Waals surface area contributed by atoms with Gasteiger partial charge in [0, 0.05) is 38.6 Å². The van der Waals surface area contributed by atoms with E-state index in [1.165, 1.54) is 11.8 Å². The number of para-hydroxylation sites is 2. The number of nitrogens with zero attached hydrogens (tertiary/aromatic N) is 6. The molecule has 0 aliphatic carbocycles. The lowest BCUT2D eigenvalue weighted by molar-refractivity contribution is -0.128. The number of hydrogen-bond acceptors (Lipinski definition) is 7. The molecule has 0 unspecified atom stereocenters. The summed E-state index contributed by atoms with van der Waals surface area (Å²) in [5.74, 6) is 1.85. The van der Waals surface area contributed by atoms with Crippen LogP contribution in [0.5, 0.6) is 5.75 Å². The van der Waals surface area contributed by atoms with E-state index in [1.807, 2.05) is 35.4 Å². The van der Waals surface area contributed by atoms with Gasteiger partial charge in [-0.1, -0.05) is 23.9 Å². The maximum atomic E-state index is 12.6. The van der Waals surface area contributed by atoms with Gasteiger partial charge in [-0.15, -0.1) is 10.2 Å². The number of carbonyl (C=O) groups excluding carboxylic acids is 1. The van der Waals surface area contributed by atoms with Gasteiger partial charge in [-0.3, -0.25) is 9.20 Å². The van der Waals surface area contributed by atoms with Crippen molar-refractivity contribution in [2.45, 2.75) is 5.16 Å². The van der Waals surface area contributed by atoms with Crippen LogP contribution in [0.2, 0.25) is 0 Å². The highest BCUT2D eigenvalue weighted by Crippen LogP contribution is 2.28. The Morgan fingerprint density at radius 3 is 2.78 bits per heavy atom. The number of rotatable bonds is 5. The molecule has 8 nitrogen and oxygen atoms in total. The number of anilines is 1. The summed E-state index contributed by atoms with van der Waals surface area (Å²) < 4.78 is 7.23. The second-order valence-electron chi connectivity index (χ2n) is 6.10. The first-order valence-corrected chi connectivity index (χ1v) is 9.69. The van der Waals surface area contributed by atoms with Gasteiger partial charge in [-0.05, 0) is 18.2 Å². The molecule has 0 N–H and O–H groups in total. The van der Waals surface area contributed by atoms with Crippen LogP contribution in [0.25, 0.3) is 5.78 Å². The second-order valence-corrected chi connectivity index (χ2v) is 7.04. The summed E-state index contributed by atoms with van der Waals surface area (Å²) in [5.41, 5.74) is 1.07. The summed E-state index contributed by atoms with van der Waals surface area (Å²) in [4.78, 5) is 20.9. The van der Waals surface area contributed by atoms with Crippen LogP contribution < -0.4 is 9.64 Å². The van der Waals surface area contributed by atoms with Gasteiger partial charge >= 0.3 is 0 Å². The van der Waals surface area contributed by atoms with Gasteiger partial charge in [0.2, 0.25) is 5.91 Å². The molecule has 2 aromatic heterocycles. The number of methoxy groups -OCH3 is 1. The first kappa shape index (κ1) is 17.6. The quantitative estimate of drug-likeness (QED) is 0.618. The number of piperazine rings is 1. The van der Waals surface area contributed by atoms with Crippen LogP contribution in [0.4, 0.5) is 5.69 Å². The third-order valence-electron chi connectivity index (χ3n) is 4.54. The van der Waals surface area contributed by atoms with Crippen LogP contribution in [0.1, 0.15) is 0 Å². The van der Waals surface area contributed by atoms with Crippen molar-refractivity contribution < 1.29 is 9.53 Å². The molecule has 1 fully saturated rings. The van der Waals surface area contributed by atoms with Crippen molar-refractivity contribution in [2.24, 2.45) is 0 Å². The molecule has 0 spiro atoms. The Morgan fingerprint density at radius 1 is 1.15 bits per heavy atom. The molecule has 1 aromatic carbocycles. The molecule has 0 bridgehead atoms. The molecule has 1 amide bonds. The van der Waals surface area contributed by atoms with Crippen molar-refractivity contribution in [2.75, 3.05) is 43.9 Å². The normalized spacial score (nSPS) is 14.6. The third kappa shape index (κ3) is 3.68. The van der Waals surface area contributed by atoms with Crippen molar-refractivity contribution in [3.8, 4) is 5.75 Å². The number of benzene rings is 1. The summed E-state index contributed by atoms with van der Waals surface area (Å²) in [7, 11) is 1.68. The fraction of sp³-hybridized carbons (Fsp3) is 0.333. The minimum absolute atomic E-state index is 0.111. The number of aromatic nitrogens is 4. The molecule has 0 radical (unpaired) electrons. The Hall–Kier alpha value is -2.81. The SMILES string of the molecule is COc1ccccc1N1CCN(C(=O)CSc2nnc3ncccn23)CC1. The van der Waals surface area contributed by atoms with E-state index >= 15 is 0 Å². The van der Waals surface area contributed by atoms with Crippen molar-refractivity contribution in [1.82, 2.24) is 24.5 Å². The minimum Gasteiger partial charge on any atom is -0.495 e. The third-order valence-corrected chi connectivity index (χ3v) is 5.47. The zero-order chi connectivity index (χ0) is 18.6. The van der Waals surface area contributed by atoms with Gasteiger partial charge in [0.25, 0.3) is 5.78 Å². The Kier molecular flexibility index (Phi) is 5.10. The Bertz CT molecular complexity index is 938. The van der Waals surface area contributed by atoms with E-state index in [2.05, 4.69) is 26.1 Å². The highest BCUT2D eigenvalue weighted by Gasteiger charge is 2.23. The molecule has 1 saturated heterocycles. The summed E-state index contributed by atoms with van der Waals surface area (Å²) in [6, 6.07) is 9.80. The molecule has 1 aliphatic heterocycles. The fourth-order valence-electron chi connectivity index (χ4n) is 3.13. The van der Waals surface area contributed by atoms with Gasteiger partial charge in [-0.25, -0.2) is 4.98 Å². The molecule has 9 heteroatoms. The lowest BCUT2D eigenvalue weighted by atomic mass is 10.2. The van der Waals surface area contributed by atoms with Crippen LogP contribution in [0.15, 0.2) is 47.9 Å². The lowest BCUT2D eigenvalue weighted by Crippen LogP contribution is -2.49. The zero-order valence-electron chi connectivity index (χ0n) is 15.0. The molecule has 140 valence electrons. The standard InChI is InChI=1S/C18H20N6O2S/c1-26-15-6-3-2-5-14(15)22-9-11-23(12-10-22)16(25)13-27-18-21-20-17-19-7-4-8-24(17)18/h2-8H,9-13H2,1H3. The fourth-order valence-corrected chi connectivity index (χ4v) is 3.94. The van der Waals surface area contributed by atoms with E-state index in [9.17, 15) is 4.79 Å². The van der Waals surface area contributed by atoms with E-state index in [0.29, 0.717) is 29.8 Å². The van der Waals surface area contributed by atoms with E-state index in [-0.39, 0.29) is 5.91 Å². The Balaban J connectivity index is 1.33. The van der Waals surface area contributed by atoms with Crippen LogP contribution in [0.3, 0.4) is 0 Å². The second kappa shape index (κ2) is 7.83. The molecular formula is C18H20N6O2S. The van der Waals surface area contributed by atoms with Gasteiger partial charge in [0.15, 0.2) is 5.16 Å².